The van der Waals surface area contributed by atoms with E-state index in [1.165, 1.54) is 4.90 Å². The van der Waals surface area contributed by atoms with Crippen molar-refractivity contribution in [2.75, 3.05) is 42.3 Å². The number of hydrogen-bond donors (Lipinski definition) is 1. The quantitative estimate of drug-likeness (QED) is 0.835. The van der Waals surface area contributed by atoms with E-state index in [-0.39, 0.29) is 17.8 Å². The molecule has 28 heavy (non-hydrogen) atoms. The summed E-state index contributed by atoms with van der Waals surface area (Å²) in [4.78, 5) is 20.1. The SMILES string of the molecule is CCc1cc(N2CCC(Nc3nc(N(C)C)cc(C(F)(F)F)n3)CC2)ncn1. The summed E-state index contributed by atoms with van der Waals surface area (Å²) in [7, 11) is 3.30. The molecule has 3 rings (SSSR count). The Morgan fingerprint density at radius 1 is 1.14 bits per heavy atom. The topological polar surface area (TPSA) is 70.1 Å². The summed E-state index contributed by atoms with van der Waals surface area (Å²) >= 11 is 0. The third-order valence-electron chi connectivity index (χ3n) is 4.68. The molecule has 0 unspecified atom stereocenters. The van der Waals surface area contributed by atoms with E-state index in [0.717, 1.165) is 49.9 Å². The predicted octanol–water partition coefficient (Wildman–Crippen LogP) is 2.99. The number of piperidine rings is 1. The van der Waals surface area contributed by atoms with Gasteiger partial charge < -0.3 is 15.1 Å². The number of hydrogen-bond acceptors (Lipinski definition) is 7. The molecule has 0 atom stereocenters. The second kappa shape index (κ2) is 8.15. The molecule has 7 nitrogen and oxygen atoms in total. The van der Waals surface area contributed by atoms with Gasteiger partial charge in [0.15, 0.2) is 5.69 Å². The highest BCUT2D eigenvalue weighted by molar-refractivity contribution is 5.45. The summed E-state index contributed by atoms with van der Waals surface area (Å²) in [6.45, 7) is 3.54. The van der Waals surface area contributed by atoms with E-state index in [1.807, 2.05) is 13.0 Å². The molecular weight excluding hydrogens is 371 g/mol. The van der Waals surface area contributed by atoms with Crippen LogP contribution in [0.4, 0.5) is 30.8 Å². The maximum absolute atomic E-state index is 13.1. The fourth-order valence-corrected chi connectivity index (χ4v) is 3.06. The van der Waals surface area contributed by atoms with Crippen molar-refractivity contribution < 1.29 is 13.2 Å². The first-order valence-electron chi connectivity index (χ1n) is 9.22. The molecule has 10 heteroatoms. The van der Waals surface area contributed by atoms with Crippen LogP contribution in [-0.4, -0.2) is 53.2 Å². The number of aryl methyl sites for hydroxylation is 1. The highest BCUT2D eigenvalue weighted by Gasteiger charge is 2.34. The minimum atomic E-state index is -4.52. The van der Waals surface area contributed by atoms with E-state index in [0.29, 0.717) is 0 Å². The van der Waals surface area contributed by atoms with E-state index >= 15 is 0 Å². The number of nitrogens with zero attached hydrogens (tertiary/aromatic N) is 6. The van der Waals surface area contributed by atoms with Crippen LogP contribution in [0.1, 0.15) is 31.2 Å². The molecule has 1 aliphatic rings. The molecule has 0 saturated carbocycles. The maximum atomic E-state index is 13.1. The van der Waals surface area contributed by atoms with E-state index in [9.17, 15) is 13.2 Å². The minimum Gasteiger partial charge on any atom is -0.363 e. The molecule has 3 heterocycles. The Bertz CT molecular complexity index is 802. The highest BCUT2D eigenvalue weighted by atomic mass is 19.4. The molecule has 0 amide bonds. The first-order valence-corrected chi connectivity index (χ1v) is 9.22. The van der Waals surface area contributed by atoms with Gasteiger partial charge in [0.25, 0.3) is 0 Å². The van der Waals surface area contributed by atoms with E-state index < -0.39 is 11.9 Å². The Morgan fingerprint density at radius 2 is 1.86 bits per heavy atom. The molecule has 0 spiro atoms. The fourth-order valence-electron chi connectivity index (χ4n) is 3.06. The lowest BCUT2D eigenvalue weighted by Gasteiger charge is -2.33. The average molecular weight is 395 g/mol. The highest BCUT2D eigenvalue weighted by Crippen LogP contribution is 2.30. The first-order chi connectivity index (χ1) is 13.3. The van der Waals surface area contributed by atoms with Gasteiger partial charge in [0.1, 0.15) is 18.0 Å². The molecule has 0 aliphatic carbocycles. The van der Waals surface area contributed by atoms with Crippen LogP contribution in [0.3, 0.4) is 0 Å². The molecule has 1 fully saturated rings. The van der Waals surface area contributed by atoms with Gasteiger partial charge in [0.05, 0.1) is 0 Å². The van der Waals surface area contributed by atoms with Crippen molar-refractivity contribution in [3.8, 4) is 0 Å². The van der Waals surface area contributed by atoms with E-state index in [2.05, 4.69) is 30.2 Å². The molecule has 0 aromatic carbocycles. The molecular formula is C18H24F3N7. The van der Waals surface area contributed by atoms with Crippen molar-refractivity contribution in [1.82, 2.24) is 19.9 Å². The normalized spacial score (nSPS) is 15.6. The lowest BCUT2D eigenvalue weighted by Crippen LogP contribution is -2.40. The van der Waals surface area contributed by atoms with Gasteiger partial charge in [0, 0.05) is 51.1 Å². The third-order valence-corrected chi connectivity index (χ3v) is 4.68. The third kappa shape index (κ3) is 4.79. The van der Waals surface area contributed by atoms with E-state index in [4.69, 9.17) is 0 Å². The van der Waals surface area contributed by atoms with Crippen molar-refractivity contribution in [2.45, 2.75) is 38.4 Å². The molecule has 2 aromatic rings. The predicted molar refractivity (Wildman–Crippen MR) is 102 cm³/mol. The molecule has 152 valence electrons. The fraction of sp³-hybridized carbons (Fsp3) is 0.556. The van der Waals surface area contributed by atoms with Gasteiger partial charge in [-0.25, -0.2) is 15.0 Å². The van der Waals surface area contributed by atoms with Crippen molar-refractivity contribution in [2.24, 2.45) is 0 Å². The second-order valence-corrected chi connectivity index (χ2v) is 6.95. The standard InChI is InChI=1S/C18H24F3N7/c1-4-12-9-15(23-11-22-12)28-7-5-13(6-8-28)24-17-25-14(18(19,20)21)10-16(26-17)27(2)3/h9-11,13H,4-8H2,1-3H3,(H,24,25,26). The number of aromatic nitrogens is 4. The maximum Gasteiger partial charge on any atom is 0.433 e. The summed E-state index contributed by atoms with van der Waals surface area (Å²) in [5, 5.41) is 3.07. The molecule has 0 radical (unpaired) electrons. The van der Waals surface area contributed by atoms with Crippen LogP contribution < -0.4 is 15.1 Å². The zero-order valence-corrected chi connectivity index (χ0v) is 16.2. The second-order valence-electron chi connectivity index (χ2n) is 6.95. The van der Waals surface area contributed by atoms with Crippen molar-refractivity contribution in [3.63, 3.8) is 0 Å². The Labute approximate surface area is 162 Å². The van der Waals surface area contributed by atoms with Crippen molar-refractivity contribution in [3.05, 3.63) is 29.8 Å². The summed E-state index contributed by atoms with van der Waals surface area (Å²) in [5.41, 5.74) is 0.0399. The zero-order chi connectivity index (χ0) is 20.3. The molecule has 1 N–H and O–H groups in total. The molecule has 2 aromatic heterocycles. The van der Waals surface area contributed by atoms with Gasteiger partial charge in [-0.05, 0) is 19.3 Å². The first kappa shape index (κ1) is 20.1. The van der Waals surface area contributed by atoms with Crippen LogP contribution in [0.5, 0.6) is 0 Å². The Hall–Kier alpha value is -2.65. The number of rotatable bonds is 5. The summed E-state index contributed by atoms with van der Waals surface area (Å²) < 4.78 is 39.4. The van der Waals surface area contributed by atoms with Crippen LogP contribution >= 0.6 is 0 Å². The smallest absolute Gasteiger partial charge is 0.363 e. The Morgan fingerprint density at radius 3 is 2.46 bits per heavy atom. The summed E-state index contributed by atoms with van der Waals surface area (Å²) in [6, 6.07) is 2.93. The van der Waals surface area contributed by atoms with Gasteiger partial charge in [0.2, 0.25) is 5.95 Å². The van der Waals surface area contributed by atoms with Crippen molar-refractivity contribution >= 4 is 17.6 Å². The average Bonchev–Trinajstić information content (AvgIpc) is 2.67. The van der Waals surface area contributed by atoms with Crippen molar-refractivity contribution in [1.29, 1.82) is 0 Å². The number of nitrogens with one attached hydrogen (secondary N) is 1. The van der Waals surface area contributed by atoms with Gasteiger partial charge in [-0.15, -0.1) is 0 Å². The van der Waals surface area contributed by atoms with Gasteiger partial charge in [-0.1, -0.05) is 6.92 Å². The molecule has 1 saturated heterocycles. The van der Waals surface area contributed by atoms with Crippen LogP contribution in [0.25, 0.3) is 0 Å². The largest absolute Gasteiger partial charge is 0.433 e. The van der Waals surface area contributed by atoms with Gasteiger partial charge >= 0.3 is 6.18 Å². The van der Waals surface area contributed by atoms with Crippen LogP contribution in [0, 0.1) is 0 Å². The lowest BCUT2D eigenvalue weighted by atomic mass is 10.1. The summed E-state index contributed by atoms with van der Waals surface area (Å²) in [6.07, 6.45) is -0.603. The number of alkyl halides is 3. The minimum absolute atomic E-state index is 0.00206. The Balaban J connectivity index is 1.68. The van der Waals surface area contributed by atoms with Gasteiger partial charge in [-0.3, -0.25) is 0 Å². The molecule has 1 aliphatic heterocycles. The van der Waals surface area contributed by atoms with Crippen LogP contribution in [0.15, 0.2) is 18.5 Å². The molecule has 0 bridgehead atoms. The number of halogens is 3. The summed E-state index contributed by atoms with van der Waals surface area (Å²) in [5.74, 6) is 1.11. The van der Waals surface area contributed by atoms with Gasteiger partial charge in [-0.2, -0.15) is 18.2 Å². The Kier molecular flexibility index (Phi) is 5.85. The van der Waals surface area contributed by atoms with E-state index in [1.54, 1.807) is 20.4 Å². The zero-order valence-electron chi connectivity index (χ0n) is 16.2. The van der Waals surface area contributed by atoms with Crippen LogP contribution in [-0.2, 0) is 12.6 Å². The van der Waals surface area contributed by atoms with Crippen LogP contribution in [0.2, 0.25) is 0 Å². The monoisotopic (exact) mass is 395 g/mol. The lowest BCUT2D eigenvalue weighted by molar-refractivity contribution is -0.141. The number of anilines is 3.